The summed E-state index contributed by atoms with van der Waals surface area (Å²) < 4.78 is 5.31. The van der Waals surface area contributed by atoms with Gasteiger partial charge in [-0.25, -0.2) is 4.79 Å². The Morgan fingerprint density at radius 1 is 1.26 bits per heavy atom. The highest BCUT2D eigenvalue weighted by molar-refractivity contribution is 5.67. The van der Waals surface area contributed by atoms with Crippen molar-refractivity contribution in [3.63, 3.8) is 0 Å². The number of hydrogen-bond donors (Lipinski definition) is 3. The van der Waals surface area contributed by atoms with Crippen LogP contribution in [0, 0.1) is 19.8 Å². The molecule has 0 saturated heterocycles. The second-order valence-electron chi connectivity index (χ2n) is 7.69. The van der Waals surface area contributed by atoms with Crippen molar-refractivity contribution in [3.05, 3.63) is 17.0 Å². The fraction of sp³-hybridized carbons (Fsp3) is 0.765. The molecule has 1 aromatic heterocycles. The number of carbonyl (C=O) groups excluding carboxylic acids is 1. The highest BCUT2D eigenvalue weighted by atomic mass is 16.6. The second kappa shape index (κ2) is 7.34. The van der Waals surface area contributed by atoms with E-state index in [2.05, 4.69) is 41.6 Å². The Labute approximate surface area is 139 Å². The number of hydrogen-bond acceptors (Lipinski definition) is 4. The van der Waals surface area contributed by atoms with Crippen LogP contribution in [0.4, 0.5) is 4.79 Å². The van der Waals surface area contributed by atoms with Crippen LogP contribution >= 0.6 is 0 Å². The lowest BCUT2D eigenvalue weighted by Crippen LogP contribution is -2.55. The summed E-state index contributed by atoms with van der Waals surface area (Å²) in [5.74, 6) is 0.338. The van der Waals surface area contributed by atoms with E-state index in [0.717, 1.165) is 11.4 Å². The largest absolute Gasteiger partial charge is 0.444 e. The average Bonchev–Trinajstić information content (AvgIpc) is 2.71. The quantitative estimate of drug-likeness (QED) is 0.751. The highest BCUT2D eigenvalue weighted by Crippen LogP contribution is 2.18. The Balaban J connectivity index is 2.66. The van der Waals surface area contributed by atoms with Gasteiger partial charge in [0.1, 0.15) is 5.60 Å². The molecule has 0 saturated carbocycles. The Bertz CT molecular complexity index is 512. The molecule has 0 aliphatic heterocycles. The van der Waals surface area contributed by atoms with Crippen molar-refractivity contribution in [1.29, 1.82) is 0 Å². The maximum absolute atomic E-state index is 11.9. The lowest BCUT2D eigenvalue weighted by atomic mass is 9.88. The van der Waals surface area contributed by atoms with E-state index in [4.69, 9.17) is 4.74 Å². The molecule has 6 heteroatoms. The van der Waals surface area contributed by atoms with E-state index >= 15 is 0 Å². The number of aromatic amines is 1. The summed E-state index contributed by atoms with van der Waals surface area (Å²) in [6.07, 6.45) is -0.387. The van der Waals surface area contributed by atoms with E-state index in [1.54, 1.807) is 0 Å². The maximum atomic E-state index is 11.9. The summed E-state index contributed by atoms with van der Waals surface area (Å²) in [4.78, 5) is 11.9. The number of rotatable bonds is 6. The number of aryl methyl sites for hydroxylation is 2. The molecule has 0 bridgehead atoms. The fourth-order valence-electron chi connectivity index (χ4n) is 2.17. The van der Waals surface area contributed by atoms with Crippen LogP contribution in [0.2, 0.25) is 0 Å². The molecule has 0 fully saturated rings. The van der Waals surface area contributed by atoms with Crippen molar-refractivity contribution in [2.45, 2.75) is 73.1 Å². The molecule has 0 aromatic carbocycles. The first kappa shape index (κ1) is 19.5. The van der Waals surface area contributed by atoms with E-state index in [1.807, 2.05) is 34.6 Å². The first-order chi connectivity index (χ1) is 10.4. The Hall–Kier alpha value is -1.56. The number of carbonyl (C=O) groups is 1. The van der Waals surface area contributed by atoms with Gasteiger partial charge in [0.2, 0.25) is 0 Å². The number of aromatic nitrogens is 2. The van der Waals surface area contributed by atoms with Gasteiger partial charge >= 0.3 is 6.09 Å². The molecule has 0 radical (unpaired) electrons. The number of amides is 1. The van der Waals surface area contributed by atoms with E-state index in [0.29, 0.717) is 19.0 Å². The number of nitrogens with one attached hydrogen (secondary N) is 3. The molecule has 0 aliphatic rings. The molecule has 1 atom stereocenters. The van der Waals surface area contributed by atoms with Crippen LogP contribution in [0.3, 0.4) is 0 Å². The normalized spacial score (nSPS) is 14.7. The average molecular weight is 324 g/mol. The molecule has 1 aromatic rings. The molecule has 1 amide bonds. The van der Waals surface area contributed by atoms with Crippen LogP contribution < -0.4 is 10.6 Å². The molecular weight excluding hydrogens is 292 g/mol. The molecule has 1 rings (SSSR count). The van der Waals surface area contributed by atoms with E-state index < -0.39 is 5.60 Å². The summed E-state index contributed by atoms with van der Waals surface area (Å²) in [5, 5.41) is 13.7. The van der Waals surface area contributed by atoms with Crippen LogP contribution in [0.5, 0.6) is 0 Å². The third-order valence-electron chi connectivity index (χ3n) is 4.22. The lowest BCUT2D eigenvalue weighted by Gasteiger charge is -2.35. The minimum absolute atomic E-state index is 0.243. The van der Waals surface area contributed by atoms with E-state index in [1.165, 1.54) is 5.56 Å². The SMILES string of the molecule is Cc1n[nH]c(C)c1CNC(C)(CNC(=O)OC(C)(C)C)C(C)C. The number of H-pyrrole nitrogens is 1. The van der Waals surface area contributed by atoms with Gasteiger partial charge in [0, 0.05) is 29.9 Å². The van der Waals surface area contributed by atoms with Gasteiger partial charge in [-0.2, -0.15) is 5.10 Å². The summed E-state index contributed by atoms with van der Waals surface area (Å²) in [7, 11) is 0. The molecule has 132 valence electrons. The van der Waals surface area contributed by atoms with Crippen LogP contribution in [-0.4, -0.2) is 34.0 Å². The van der Waals surface area contributed by atoms with Crippen molar-refractivity contribution in [3.8, 4) is 0 Å². The van der Waals surface area contributed by atoms with Gasteiger partial charge in [-0.05, 0) is 47.5 Å². The fourth-order valence-corrected chi connectivity index (χ4v) is 2.17. The van der Waals surface area contributed by atoms with E-state index in [9.17, 15) is 4.79 Å². The number of alkyl carbamates (subject to hydrolysis) is 1. The van der Waals surface area contributed by atoms with E-state index in [-0.39, 0.29) is 11.6 Å². The van der Waals surface area contributed by atoms with Gasteiger partial charge in [0.15, 0.2) is 0 Å². The van der Waals surface area contributed by atoms with Crippen molar-refractivity contribution >= 4 is 6.09 Å². The molecule has 6 nitrogen and oxygen atoms in total. The van der Waals surface area contributed by atoms with Crippen LogP contribution in [0.15, 0.2) is 0 Å². The molecule has 0 aliphatic carbocycles. The number of ether oxygens (including phenoxy) is 1. The second-order valence-corrected chi connectivity index (χ2v) is 7.69. The smallest absolute Gasteiger partial charge is 0.407 e. The summed E-state index contributed by atoms with van der Waals surface area (Å²) in [5.41, 5.74) is 2.51. The van der Waals surface area contributed by atoms with Gasteiger partial charge in [0.25, 0.3) is 0 Å². The van der Waals surface area contributed by atoms with Gasteiger partial charge in [-0.1, -0.05) is 13.8 Å². The highest BCUT2D eigenvalue weighted by Gasteiger charge is 2.29. The maximum Gasteiger partial charge on any atom is 0.407 e. The molecule has 1 unspecified atom stereocenters. The Morgan fingerprint density at radius 3 is 2.30 bits per heavy atom. The number of nitrogens with zero attached hydrogens (tertiary/aromatic N) is 1. The van der Waals surface area contributed by atoms with Crippen LogP contribution in [-0.2, 0) is 11.3 Å². The first-order valence-electron chi connectivity index (χ1n) is 8.17. The summed E-state index contributed by atoms with van der Waals surface area (Å²) in [6.45, 7) is 17.2. The molecular formula is C17H32N4O2. The topological polar surface area (TPSA) is 79.0 Å². The molecule has 3 N–H and O–H groups in total. The Kier molecular flexibility index (Phi) is 6.22. The molecule has 0 spiro atoms. The zero-order valence-electron chi connectivity index (χ0n) is 15.8. The minimum Gasteiger partial charge on any atom is -0.444 e. The van der Waals surface area contributed by atoms with Crippen LogP contribution in [0.25, 0.3) is 0 Å². The minimum atomic E-state index is -0.489. The monoisotopic (exact) mass is 324 g/mol. The van der Waals surface area contributed by atoms with Crippen molar-refractivity contribution in [2.24, 2.45) is 5.92 Å². The van der Waals surface area contributed by atoms with Gasteiger partial charge in [-0.3, -0.25) is 5.10 Å². The van der Waals surface area contributed by atoms with Gasteiger partial charge < -0.3 is 15.4 Å². The lowest BCUT2D eigenvalue weighted by molar-refractivity contribution is 0.0503. The first-order valence-corrected chi connectivity index (χ1v) is 8.17. The zero-order valence-corrected chi connectivity index (χ0v) is 15.8. The molecule has 23 heavy (non-hydrogen) atoms. The predicted octanol–water partition coefficient (Wildman–Crippen LogP) is 3.06. The van der Waals surface area contributed by atoms with Crippen molar-refractivity contribution in [2.75, 3.05) is 6.54 Å². The summed E-state index contributed by atoms with van der Waals surface area (Å²) in [6, 6.07) is 0. The zero-order chi connectivity index (χ0) is 17.8. The van der Waals surface area contributed by atoms with Crippen LogP contribution in [0.1, 0.15) is 58.5 Å². The third-order valence-corrected chi connectivity index (χ3v) is 4.22. The van der Waals surface area contributed by atoms with Crippen molar-refractivity contribution < 1.29 is 9.53 Å². The van der Waals surface area contributed by atoms with Crippen molar-refractivity contribution in [1.82, 2.24) is 20.8 Å². The van der Waals surface area contributed by atoms with Gasteiger partial charge in [0.05, 0.1) is 5.69 Å². The van der Waals surface area contributed by atoms with Gasteiger partial charge in [-0.15, -0.1) is 0 Å². The Morgan fingerprint density at radius 2 is 1.87 bits per heavy atom. The summed E-state index contributed by atoms with van der Waals surface area (Å²) >= 11 is 0. The third kappa shape index (κ3) is 5.86. The predicted molar refractivity (Wildman–Crippen MR) is 92.4 cm³/mol. The standard InChI is InChI=1S/C17H32N4O2/c1-11(2)17(8,10-18-15(22)23-16(5,6)7)19-9-14-12(3)20-21-13(14)4/h11,19H,9-10H2,1-8H3,(H,18,22)(H,20,21). The molecule has 1 heterocycles.